The molecular weight excluding hydrogens is 386 g/mol. The Bertz CT molecular complexity index is 849. The number of imide groups is 1. The van der Waals surface area contributed by atoms with E-state index in [0.29, 0.717) is 18.0 Å². The number of aliphatic hydroxyl groups is 1. The maximum absolute atomic E-state index is 11.6. The second kappa shape index (κ2) is 9.60. The number of carbonyl (C=O) groups excluding carboxylic acids is 2. The Morgan fingerprint density at radius 2 is 1.70 bits per heavy atom. The van der Waals surface area contributed by atoms with Gasteiger partial charge in [-0.2, -0.15) is 0 Å². The average molecular weight is 413 g/mol. The van der Waals surface area contributed by atoms with Gasteiger partial charge in [-0.1, -0.05) is 0 Å². The molecule has 0 radical (unpaired) electrons. The number of hydrogen-bond acceptors (Lipinski definition) is 7. The molecule has 0 unspecified atom stereocenters. The standard InChI is InChI=1S/C22H27N3O5/c1-15(26)25(16(2)27)19-5-3-18(4-6-19)24-12-17(13-24)23-11-21(29)14-30-22-9-7-20(28)8-10-22/h3-10,17,21,23,28-29H,11-14H2,1-2H3/t21-/m0/s1. The van der Waals surface area contributed by atoms with Crippen LogP contribution >= 0.6 is 0 Å². The normalized spacial score (nSPS) is 14.7. The summed E-state index contributed by atoms with van der Waals surface area (Å²) in [5, 5.41) is 22.6. The molecule has 3 rings (SSSR count). The van der Waals surface area contributed by atoms with Crippen LogP contribution in [0.3, 0.4) is 0 Å². The number of aliphatic hydroxyl groups excluding tert-OH is 1. The van der Waals surface area contributed by atoms with Crippen molar-refractivity contribution in [1.82, 2.24) is 5.32 Å². The van der Waals surface area contributed by atoms with E-state index in [1.165, 1.54) is 26.0 Å². The number of nitrogens with zero attached hydrogens (tertiary/aromatic N) is 2. The fourth-order valence-corrected chi connectivity index (χ4v) is 3.31. The number of benzene rings is 2. The molecule has 3 N–H and O–H groups in total. The lowest BCUT2D eigenvalue weighted by Gasteiger charge is -2.42. The molecule has 30 heavy (non-hydrogen) atoms. The lowest BCUT2D eigenvalue weighted by Crippen LogP contribution is -2.59. The molecule has 2 amide bonds. The highest BCUT2D eigenvalue weighted by atomic mass is 16.5. The van der Waals surface area contributed by atoms with Gasteiger partial charge < -0.3 is 25.2 Å². The van der Waals surface area contributed by atoms with E-state index in [2.05, 4.69) is 10.2 Å². The zero-order chi connectivity index (χ0) is 21.7. The Morgan fingerprint density at radius 3 is 2.27 bits per heavy atom. The predicted molar refractivity (Wildman–Crippen MR) is 114 cm³/mol. The Morgan fingerprint density at radius 1 is 1.10 bits per heavy atom. The van der Waals surface area contributed by atoms with E-state index in [0.717, 1.165) is 23.7 Å². The van der Waals surface area contributed by atoms with Gasteiger partial charge in [0.2, 0.25) is 11.8 Å². The Balaban J connectivity index is 1.40. The molecule has 1 aliphatic heterocycles. The molecule has 0 saturated carbocycles. The van der Waals surface area contributed by atoms with Crippen LogP contribution < -0.4 is 19.9 Å². The summed E-state index contributed by atoms with van der Waals surface area (Å²) in [6, 6.07) is 14.0. The summed E-state index contributed by atoms with van der Waals surface area (Å²) in [6.07, 6.45) is -0.642. The fourth-order valence-electron chi connectivity index (χ4n) is 3.31. The van der Waals surface area contributed by atoms with Crippen LogP contribution in [0.15, 0.2) is 48.5 Å². The number of anilines is 2. The minimum absolute atomic E-state index is 0.165. The molecule has 0 aromatic heterocycles. The third-order valence-electron chi connectivity index (χ3n) is 4.91. The molecule has 1 saturated heterocycles. The average Bonchev–Trinajstić information content (AvgIpc) is 2.67. The van der Waals surface area contributed by atoms with Crippen LogP contribution in [0.2, 0.25) is 0 Å². The van der Waals surface area contributed by atoms with E-state index >= 15 is 0 Å². The smallest absolute Gasteiger partial charge is 0.230 e. The van der Waals surface area contributed by atoms with Gasteiger partial charge in [-0.15, -0.1) is 0 Å². The highest BCUT2D eigenvalue weighted by Gasteiger charge is 2.27. The largest absolute Gasteiger partial charge is 0.508 e. The van der Waals surface area contributed by atoms with Crippen LogP contribution in [0.25, 0.3) is 0 Å². The lowest BCUT2D eigenvalue weighted by molar-refractivity contribution is -0.124. The molecule has 2 aromatic rings. The van der Waals surface area contributed by atoms with E-state index in [4.69, 9.17) is 4.74 Å². The summed E-state index contributed by atoms with van der Waals surface area (Å²) in [7, 11) is 0. The van der Waals surface area contributed by atoms with Gasteiger partial charge in [0.1, 0.15) is 24.2 Å². The minimum atomic E-state index is -0.642. The molecule has 8 nitrogen and oxygen atoms in total. The topological polar surface area (TPSA) is 102 Å². The van der Waals surface area contributed by atoms with Crippen LogP contribution in [0.5, 0.6) is 11.5 Å². The van der Waals surface area contributed by atoms with E-state index in [1.54, 1.807) is 24.3 Å². The van der Waals surface area contributed by atoms with E-state index < -0.39 is 6.10 Å². The van der Waals surface area contributed by atoms with Crippen molar-refractivity contribution >= 4 is 23.2 Å². The monoisotopic (exact) mass is 413 g/mol. The summed E-state index contributed by atoms with van der Waals surface area (Å²) < 4.78 is 5.50. The van der Waals surface area contributed by atoms with E-state index in [9.17, 15) is 19.8 Å². The minimum Gasteiger partial charge on any atom is -0.508 e. The predicted octanol–water partition coefficient (Wildman–Crippen LogP) is 1.51. The molecule has 0 bridgehead atoms. The highest BCUT2D eigenvalue weighted by molar-refractivity contribution is 6.13. The number of amides is 2. The lowest BCUT2D eigenvalue weighted by atomic mass is 10.1. The third-order valence-corrected chi connectivity index (χ3v) is 4.91. The summed E-state index contributed by atoms with van der Waals surface area (Å²) >= 11 is 0. The third kappa shape index (κ3) is 5.49. The molecule has 0 aliphatic carbocycles. The van der Waals surface area contributed by atoms with Crippen LogP contribution in [0.4, 0.5) is 11.4 Å². The summed E-state index contributed by atoms with van der Waals surface area (Å²) in [4.78, 5) is 26.6. The van der Waals surface area contributed by atoms with Gasteiger partial charge in [0.05, 0.1) is 5.69 Å². The first kappa shape index (κ1) is 21.6. The first-order chi connectivity index (χ1) is 14.3. The first-order valence-corrected chi connectivity index (χ1v) is 9.83. The van der Waals surface area contributed by atoms with Gasteiger partial charge in [0.25, 0.3) is 0 Å². The molecule has 1 atom stereocenters. The highest BCUT2D eigenvalue weighted by Crippen LogP contribution is 2.25. The van der Waals surface area contributed by atoms with Gasteiger partial charge in [0.15, 0.2) is 0 Å². The van der Waals surface area contributed by atoms with Crippen LogP contribution in [-0.4, -0.2) is 60.4 Å². The molecule has 1 fully saturated rings. The second-order valence-electron chi connectivity index (χ2n) is 7.36. The molecule has 1 aliphatic rings. The van der Waals surface area contributed by atoms with Crippen molar-refractivity contribution in [1.29, 1.82) is 0 Å². The first-order valence-electron chi connectivity index (χ1n) is 9.83. The van der Waals surface area contributed by atoms with Crippen molar-refractivity contribution in [2.45, 2.75) is 26.0 Å². The Kier molecular flexibility index (Phi) is 6.91. The number of phenols is 1. The number of ether oxygens (including phenoxy) is 1. The van der Waals surface area contributed by atoms with Crippen molar-refractivity contribution in [2.24, 2.45) is 0 Å². The second-order valence-corrected chi connectivity index (χ2v) is 7.36. The Labute approximate surface area is 175 Å². The van der Waals surface area contributed by atoms with Crippen molar-refractivity contribution in [3.8, 4) is 11.5 Å². The molecular formula is C22H27N3O5. The fraction of sp³-hybridized carbons (Fsp3) is 0.364. The molecule has 0 spiro atoms. The number of phenolic OH excluding ortho intramolecular Hbond substituents is 1. The van der Waals surface area contributed by atoms with Gasteiger partial charge in [-0.05, 0) is 48.5 Å². The Hall–Kier alpha value is -3.10. The number of aromatic hydroxyl groups is 1. The summed E-state index contributed by atoms with van der Waals surface area (Å²) in [6.45, 7) is 4.92. The number of carbonyl (C=O) groups is 2. The molecule has 1 heterocycles. The van der Waals surface area contributed by atoms with Crippen molar-refractivity contribution < 1.29 is 24.5 Å². The molecule has 8 heteroatoms. The zero-order valence-electron chi connectivity index (χ0n) is 17.1. The zero-order valence-corrected chi connectivity index (χ0v) is 17.1. The van der Waals surface area contributed by atoms with Crippen molar-refractivity contribution in [2.75, 3.05) is 36.0 Å². The summed E-state index contributed by atoms with van der Waals surface area (Å²) in [5.41, 5.74) is 1.57. The van der Waals surface area contributed by atoms with Gasteiger partial charge in [-0.25, -0.2) is 0 Å². The van der Waals surface area contributed by atoms with Crippen molar-refractivity contribution in [3.63, 3.8) is 0 Å². The number of nitrogens with one attached hydrogen (secondary N) is 1. The summed E-state index contributed by atoms with van der Waals surface area (Å²) in [5.74, 6) is 0.148. The SMILES string of the molecule is CC(=O)N(C(C)=O)c1ccc(N2CC(NC[C@H](O)COc3ccc(O)cc3)C2)cc1. The number of rotatable bonds is 8. The van der Waals surface area contributed by atoms with E-state index in [-0.39, 0.29) is 30.2 Å². The van der Waals surface area contributed by atoms with Crippen LogP contribution in [0, 0.1) is 0 Å². The maximum Gasteiger partial charge on any atom is 0.230 e. The van der Waals surface area contributed by atoms with Gasteiger partial charge >= 0.3 is 0 Å². The van der Waals surface area contributed by atoms with E-state index in [1.807, 2.05) is 12.1 Å². The van der Waals surface area contributed by atoms with Crippen LogP contribution in [0.1, 0.15) is 13.8 Å². The van der Waals surface area contributed by atoms with Crippen molar-refractivity contribution in [3.05, 3.63) is 48.5 Å². The molecule has 160 valence electrons. The quantitative estimate of drug-likeness (QED) is 0.603. The molecule has 2 aromatic carbocycles. The van der Waals surface area contributed by atoms with Crippen LogP contribution in [-0.2, 0) is 9.59 Å². The van der Waals surface area contributed by atoms with Gasteiger partial charge in [-0.3, -0.25) is 14.5 Å². The maximum atomic E-state index is 11.6. The van der Waals surface area contributed by atoms with Gasteiger partial charge in [0, 0.05) is 45.2 Å². The number of hydrogen-bond donors (Lipinski definition) is 3.